The standard InChI is InChI=1S/C30H37N3O5S/c1-6-27(29(35)31-30(2,3)4)32(21-23-17-19-25(38-5)20-18-23)28(34)22-33(24-13-9-7-10-14-24)39(36,37)26-15-11-8-12-16-26/h7-20,27H,6,21-22H2,1-5H3,(H,31,35)/t27-/m0/s1. The van der Waals surface area contributed by atoms with E-state index >= 15 is 0 Å². The molecule has 1 N–H and O–H groups in total. The Morgan fingerprint density at radius 3 is 1.97 bits per heavy atom. The van der Waals surface area contributed by atoms with Crippen molar-refractivity contribution in [2.45, 2.75) is 57.1 Å². The second-order valence-corrected chi connectivity index (χ2v) is 12.1. The predicted octanol–water partition coefficient (Wildman–Crippen LogP) is 4.61. The highest BCUT2D eigenvalue weighted by Crippen LogP contribution is 2.25. The van der Waals surface area contributed by atoms with E-state index in [1.807, 2.05) is 39.8 Å². The van der Waals surface area contributed by atoms with Crippen LogP contribution >= 0.6 is 0 Å². The molecule has 0 aromatic heterocycles. The van der Waals surface area contributed by atoms with Gasteiger partial charge in [0.15, 0.2) is 0 Å². The number of para-hydroxylation sites is 1. The summed E-state index contributed by atoms with van der Waals surface area (Å²) in [6, 6.07) is 22.9. The number of rotatable bonds is 11. The number of carbonyl (C=O) groups is 2. The van der Waals surface area contributed by atoms with E-state index in [4.69, 9.17) is 4.74 Å². The molecule has 2 amide bonds. The van der Waals surface area contributed by atoms with Gasteiger partial charge in [-0.2, -0.15) is 0 Å². The molecule has 1 atom stereocenters. The number of benzene rings is 3. The minimum absolute atomic E-state index is 0.0703. The number of hydrogen-bond acceptors (Lipinski definition) is 5. The molecule has 0 fully saturated rings. The van der Waals surface area contributed by atoms with Gasteiger partial charge in [-0.1, -0.05) is 55.5 Å². The first-order valence-corrected chi connectivity index (χ1v) is 14.3. The van der Waals surface area contributed by atoms with E-state index in [0.717, 1.165) is 9.87 Å². The Bertz CT molecular complexity index is 1340. The number of ether oxygens (including phenoxy) is 1. The van der Waals surface area contributed by atoms with Crippen LogP contribution in [0.2, 0.25) is 0 Å². The summed E-state index contributed by atoms with van der Waals surface area (Å²) in [5.41, 5.74) is 0.626. The Kier molecular flexibility index (Phi) is 9.75. The summed E-state index contributed by atoms with van der Waals surface area (Å²) in [6.07, 6.45) is 0.348. The Balaban J connectivity index is 2.03. The van der Waals surface area contributed by atoms with Gasteiger partial charge in [-0.05, 0) is 69.2 Å². The minimum atomic E-state index is -4.08. The zero-order valence-electron chi connectivity index (χ0n) is 23.1. The molecule has 0 unspecified atom stereocenters. The maximum Gasteiger partial charge on any atom is 0.264 e. The van der Waals surface area contributed by atoms with E-state index in [2.05, 4.69) is 5.32 Å². The van der Waals surface area contributed by atoms with Crippen molar-refractivity contribution in [2.75, 3.05) is 18.0 Å². The van der Waals surface area contributed by atoms with Crippen molar-refractivity contribution in [3.8, 4) is 5.75 Å². The molecular weight excluding hydrogens is 514 g/mol. The Morgan fingerprint density at radius 1 is 0.897 bits per heavy atom. The number of nitrogens with zero attached hydrogens (tertiary/aromatic N) is 2. The van der Waals surface area contributed by atoms with E-state index < -0.39 is 34.1 Å². The smallest absolute Gasteiger partial charge is 0.264 e. The fourth-order valence-electron chi connectivity index (χ4n) is 4.14. The van der Waals surface area contributed by atoms with Gasteiger partial charge in [-0.25, -0.2) is 8.42 Å². The molecule has 3 aromatic rings. The molecular formula is C30H37N3O5S. The molecule has 0 aliphatic heterocycles. The lowest BCUT2D eigenvalue weighted by Crippen LogP contribution is -2.55. The predicted molar refractivity (Wildman–Crippen MR) is 153 cm³/mol. The van der Waals surface area contributed by atoms with Crippen LogP contribution in [-0.4, -0.2) is 50.4 Å². The van der Waals surface area contributed by atoms with Crippen LogP contribution < -0.4 is 14.4 Å². The van der Waals surface area contributed by atoms with Crippen LogP contribution in [0.1, 0.15) is 39.7 Å². The molecule has 39 heavy (non-hydrogen) atoms. The molecule has 9 heteroatoms. The number of hydrogen-bond donors (Lipinski definition) is 1. The molecule has 0 spiro atoms. The summed E-state index contributed by atoms with van der Waals surface area (Å²) in [6.45, 7) is 7.09. The van der Waals surface area contributed by atoms with Gasteiger partial charge in [0.1, 0.15) is 18.3 Å². The van der Waals surface area contributed by atoms with Gasteiger partial charge in [0, 0.05) is 12.1 Å². The zero-order valence-corrected chi connectivity index (χ0v) is 23.9. The van der Waals surface area contributed by atoms with Gasteiger partial charge >= 0.3 is 0 Å². The largest absolute Gasteiger partial charge is 0.497 e. The molecule has 3 aromatic carbocycles. The van der Waals surface area contributed by atoms with E-state index in [0.29, 0.717) is 17.9 Å². The van der Waals surface area contributed by atoms with Crippen LogP contribution in [0.25, 0.3) is 0 Å². The number of carbonyl (C=O) groups excluding carboxylic acids is 2. The van der Waals surface area contributed by atoms with Crippen molar-refractivity contribution in [3.05, 3.63) is 90.5 Å². The second-order valence-electron chi connectivity index (χ2n) is 10.2. The summed E-state index contributed by atoms with van der Waals surface area (Å²) in [4.78, 5) is 28.9. The van der Waals surface area contributed by atoms with Crippen molar-refractivity contribution < 1.29 is 22.7 Å². The van der Waals surface area contributed by atoms with Gasteiger partial charge in [0.05, 0.1) is 17.7 Å². The van der Waals surface area contributed by atoms with Crippen LogP contribution in [0.5, 0.6) is 5.75 Å². The average Bonchev–Trinajstić information content (AvgIpc) is 2.91. The molecule has 0 aliphatic carbocycles. The molecule has 8 nitrogen and oxygen atoms in total. The lowest BCUT2D eigenvalue weighted by Gasteiger charge is -2.34. The first-order valence-electron chi connectivity index (χ1n) is 12.8. The minimum Gasteiger partial charge on any atom is -0.497 e. The van der Waals surface area contributed by atoms with Gasteiger partial charge in [0.25, 0.3) is 10.0 Å². The van der Waals surface area contributed by atoms with Crippen molar-refractivity contribution >= 4 is 27.5 Å². The molecule has 0 saturated heterocycles. The number of nitrogens with one attached hydrogen (secondary N) is 1. The monoisotopic (exact) mass is 551 g/mol. The molecule has 3 rings (SSSR count). The van der Waals surface area contributed by atoms with Crippen LogP contribution in [0.3, 0.4) is 0 Å². The molecule has 0 aliphatic rings. The number of sulfonamides is 1. The first kappa shape index (κ1) is 29.7. The SMILES string of the molecule is CC[C@@H](C(=O)NC(C)(C)C)N(Cc1ccc(OC)cc1)C(=O)CN(c1ccccc1)S(=O)(=O)c1ccccc1. The topological polar surface area (TPSA) is 96.0 Å². The lowest BCUT2D eigenvalue weighted by molar-refractivity contribution is -0.141. The van der Waals surface area contributed by atoms with E-state index in [-0.39, 0.29) is 17.3 Å². The van der Waals surface area contributed by atoms with E-state index in [1.165, 1.54) is 17.0 Å². The summed E-state index contributed by atoms with van der Waals surface area (Å²) in [5, 5.41) is 2.97. The average molecular weight is 552 g/mol. The van der Waals surface area contributed by atoms with Crippen molar-refractivity contribution in [3.63, 3.8) is 0 Å². The summed E-state index contributed by atoms with van der Waals surface area (Å²) in [5.74, 6) is -0.132. The number of methoxy groups -OCH3 is 1. The van der Waals surface area contributed by atoms with E-state index in [9.17, 15) is 18.0 Å². The Hall–Kier alpha value is -3.85. The summed E-state index contributed by atoms with van der Waals surface area (Å²) in [7, 11) is -2.51. The number of amides is 2. The fourth-order valence-corrected chi connectivity index (χ4v) is 5.58. The summed E-state index contributed by atoms with van der Waals surface area (Å²) >= 11 is 0. The fraction of sp³-hybridized carbons (Fsp3) is 0.333. The maximum atomic E-state index is 14.0. The van der Waals surface area contributed by atoms with Crippen LogP contribution in [-0.2, 0) is 26.2 Å². The molecule has 208 valence electrons. The third kappa shape index (κ3) is 7.83. The third-order valence-electron chi connectivity index (χ3n) is 6.05. The molecule has 0 bridgehead atoms. The van der Waals surface area contributed by atoms with Gasteiger partial charge in [0.2, 0.25) is 11.8 Å². The highest BCUT2D eigenvalue weighted by molar-refractivity contribution is 7.92. The van der Waals surface area contributed by atoms with Crippen LogP contribution in [0.4, 0.5) is 5.69 Å². The van der Waals surface area contributed by atoms with Gasteiger partial charge in [-0.3, -0.25) is 13.9 Å². The Morgan fingerprint density at radius 2 is 1.46 bits per heavy atom. The zero-order chi connectivity index (χ0) is 28.6. The van der Waals surface area contributed by atoms with Crippen LogP contribution in [0, 0.1) is 0 Å². The highest BCUT2D eigenvalue weighted by atomic mass is 32.2. The normalized spacial score (nSPS) is 12.3. The first-order chi connectivity index (χ1) is 18.5. The van der Waals surface area contributed by atoms with Gasteiger partial charge < -0.3 is 15.0 Å². The highest BCUT2D eigenvalue weighted by Gasteiger charge is 2.34. The quantitative estimate of drug-likeness (QED) is 0.375. The maximum absolute atomic E-state index is 14.0. The molecule has 0 heterocycles. The van der Waals surface area contributed by atoms with E-state index in [1.54, 1.807) is 67.8 Å². The van der Waals surface area contributed by atoms with Crippen molar-refractivity contribution in [2.24, 2.45) is 0 Å². The Labute approximate surface area is 231 Å². The number of anilines is 1. The second kappa shape index (κ2) is 12.8. The third-order valence-corrected chi connectivity index (χ3v) is 7.84. The lowest BCUT2D eigenvalue weighted by atomic mass is 10.1. The van der Waals surface area contributed by atoms with Crippen LogP contribution in [0.15, 0.2) is 89.8 Å². The van der Waals surface area contributed by atoms with Crippen molar-refractivity contribution in [1.29, 1.82) is 0 Å². The molecule has 0 saturated carbocycles. The summed E-state index contributed by atoms with van der Waals surface area (Å²) < 4.78 is 33.8. The van der Waals surface area contributed by atoms with Crippen molar-refractivity contribution in [1.82, 2.24) is 10.2 Å². The molecule has 0 radical (unpaired) electrons. The van der Waals surface area contributed by atoms with Gasteiger partial charge in [-0.15, -0.1) is 0 Å².